The number of Topliss-reactive ketones (excluding diaryl/α,β-unsaturated/α-hetero) is 1. The summed E-state index contributed by atoms with van der Waals surface area (Å²) in [4.78, 5) is 35.6. The Hall–Kier alpha value is -4.40. The molecule has 2 atom stereocenters. The summed E-state index contributed by atoms with van der Waals surface area (Å²) in [7, 11) is 0. The van der Waals surface area contributed by atoms with Crippen molar-refractivity contribution in [1.82, 2.24) is 9.97 Å². The fraction of sp³-hybridized carbons (Fsp3) is 0.222. The van der Waals surface area contributed by atoms with Gasteiger partial charge < -0.3 is 24.9 Å². The second-order valence-electron chi connectivity index (χ2n) is 11.7. The molecule has 9 heteroatoms. The Kier molecular flexibility index (Phi) is 6.99. The first kappa shape index (κ1) is 28.1. The smallest absolute Gasteiger partial charge is 0.274 e. The third kappa shape index (κ3) is 4.84. The number of aromatic nitrogens is 2. The van der Waals surface area contributed by atoms with E-state index in [9.17, 15) is 9.59 Å². The number of nitrogens with zero attached hydrogens (tertiary/aromatic N) is 1. The van der Waals surface area contributed by atoms with E-state index in [0.29, 0.717) is 23.8 Å². The monoisotopic (exact) mass is 634 g/mol. The summed E-state index contributed by atoms with van der Waals surface area (Å²) in [6.07, 6.45) is 1.32. The van der Waals surface area contributed by atoms with Gasteiger partial charge in [-0.05, 0) is 65.1 Å². The van der Waals surface area contributed by atoms with Gasteiger partial charge in [-0.15, -0.1) is 11.6 Å². The van der Waals surface area contributed by atoms with E-state index >= 15 is 0 Å². The molecule has 8 rings (SSSR count). The number of amides is 1. The highest BCUT2D eigenvalue weighted by Gasteiger charge is 2.37. The van der Waals surface area contributed by atoms with E-state index < -0.39 is 0 Å². The van der Waals surface area contributed by atoms with Crippen LogP contribution in [0, 0.1) is 0 Å². The minimum Gasteiger partial charge on any atom is -0.461 e. The quantitative estimate of drug-likeness (QED) is 0.115. The molecule has 4 aromatic carbocycles. The van der Waals surface area contributed by atoms with Crippen molar-refractivity contribution in [1.29, 1.82) is 0 Å². The van der Waals surface area contributed by atoms with E-state index in [1.165, 1.54) is 0 Å². The number of H-pyrrole nitrogens is 2. The molecular formula is C36H31ClN4O3S. The van der Waals surface area contributed by atoms with Crippen LogP contribution in [0.15, 0.2) is 78.9 Å². The number of rotatable bonds is 8. The van der Waals surface area contributed by atoms with E-state index in [1.807, 2.05) is 65.6 Å². The number of ketones is 1. The maximum Gasteiger partial charge on any atom is 0.274 e. The highest BCUT2D eigenvalue weighted by Crippen LogP contribution is 2.50. The number of carbonyl (C=O) groups is 2. The number of anilines is 2. The summed E-state index contributed by atoms with van der Waals surface area (Å²) in [6.45, 7) is 2.64. The average molecular weight is 635 g/mol. The molecule has 3 N–H and O–H groups in total. The molecule has 6 aromatic rings. The summed E-state index contributed by atoms with van der Waals surface area (Å²) in [5, 5.41) is 7.53. The number of carbonyl (C=O) groups excluding carboxylic acids is 2. The molecule has 1 unspecified atom stereocenters. The SMILES string of the molecule is CCCSC1Nc2cccc3c4c(cc(c23)O1)N(C(=O)c1cc2cc(CC(=O)c3cc5ccccc5[nH]3)ccc2[nH]1)C[C@H]4CCl. The maximum atomic E-state index is 14.1. The van der Waals surface area contributed by atoms with Crippen molar-refractivity contribution >= 4 is 79.0 Å². The van der Waals surface area contributed by atoms with Gasteiger partial charge in [-0.25, -0.2) is 0 Å². The van der Waals surface area contributed by atoms with Crippen LogP contribution >= 0.6 is 23.4 Å². The van der Waals surface area contributed by atoms with Gasteiger partial charge in [0.1, 0.15) is 11.4 Å². The number of fused-ring (bicyclic) bond motifs is 4. The van der Waals surface area contributed by atoms with Crippen LogP contribution in [0.1, 0.15) is 51.4 Å². The van der Waals surface area contributed by atoms with Gasteiger partial charge in [0, 0.05) is 63.7 Å². The highest BCUT2D eigenvalue weighted by molar-refractivity contribution is 7.99. The topological polar surface area (TPSA) is 90.2 Å². The van der Waals surface area contributed by atoms with Crippen LogP contribution in [0.4, 0.5) is 11.4 Å². The first-order chi connectivity index (χ1) is 22.0. The number of aromatic amines is 2. The number of nitrogens with one attached hydrogen (secondary N) is 3. The lowest BCUT2D eigenvalue weighted by Gasteiger charge is -2.29. The van der Waals surface area contributed by atoms with Crippen LogP contribution in [-0.4, -0.2) is 45.4 Å². The molecule has 0 saturated carbocycles. The molecule has 45 heavy (non-hydrogen) atoms. The molecule has 0 fully saturated rings. The van der Waals surface area contributed by atoms with Crippen LogP contribution in [-0.2, 0) is 6.42 Å². The summed E-state index contributed by atoms with van der Waals surface area (Å²) in [6, 6.07) is 25.8. The second kappa shape index (κ2) is 11.2. The normalized spacial score (nSPS) is 17.1. The molecule has 0 spiro atoms. The fourth-order valence-electron chi connectivity index (χ4n) is 6.68. The molecule has 0 radical (unpaired) electrons. The lowest BCUT2D eigenvalue weighted by Crippen LogP contribution is -2.30. The molecule has 1 amide bonds. The Morgan fingerprint density at radius 1 is 0.956 bits per heavy atom. The molecule has 2 aliphatic rings. The Balaban J connectivity index is 1.10. The zero-order valence-electron chi connectivity index (χ0n) is 24.7. The Morgan fingerprint density at radius 2 is 1.78 bits per heavy atom. The van der Waals surface area contributed by atoms with Crippen LogP contribution in [0.5, 0.6) is 5.75 Å². The zero-order chi connectivity index (χ0) is 30.7. The Morgan fingerprint density at radius 3 is 2.62 bits per heavy atom. The van der Waals surface area contributed by atoms with Crippen molar-refractivity contribution < 1.29 is 14.3 Å². The van der Waals surface area contributed by atoms with Gasteiger partial charge in [0.05, 0.1) is 11.4 Å². The molecule has 7 nitrogen and oxygen atoms in total. The van der Waals surface area contributed by atoms with Gasteiger partial charge in [0.25, 0.3) is 5.91 Å². The largest absolute Gasteiger partial charge is 0.461 e. The van der Waals surface area contributed by atoms with Gasteiger partial charge in [-0.3, -0.25) is 9.59 Å². The number of halogens is 1. The average Bonchev–Trinajstić information content (AvgIpc) is 3.78. The van der Waals surface area contributed by atoms with E-state index in [0.717, 1.165) is 73.0 Å². The van der Waals surface area contributed by atoms with Crippen molar-refractivity contribution in [3.05, 3.63) is 101 Å². The maximum absolute atomic E-state index is 14.1. The van der Waals surface area contributed by atoms with Crippen molar-refractivity contribution in [2.24, 2.45) is 0 Å². The zero-order valence-corrected chi connectivity index (χ0v) is 26.2. The standard InChI is InChI=1S/C36H31ClN4O3S/c1-2-12-45-36-40-27-9-5-7-24-33-23(18-37)19-41(30(33)17-32(44-36)34(24)27)35(43)29-16-22-13-20(10-11-26(22)39-29)14-31(42)28-15-21-6-3-4-8-25(21)38-28/h3-11,13,15-17,23,36,38-40H,2,12,14,18-19H2,1H3/t23-,36?/m1/s1. The van der Waals surface area contributed by atoms with Crippen molar-refractivity contribution in [2.45, 2.75) is 31.2 Å². The fourth-order valence-corrected chi connectivity index (χ4v) is 7.76. The number of para-hydroxylation sites is 1. The van der Waals surface area contributed by atoms with Crippen LogP contribution < -0.4 is 15.0 Å². The van der Waals surface area contributed by atoms with E-state index in [1.54, 1.807) is 11.8 Å². The third-order valence-corrected chi connectivity index (χ3v) is 10.3. The molecule has 0 bridgehead atoms. The lowest BCUT2D eigenvalue weighted by atomic mass is 9.94. The summed E-state index contributed by atoms with van der Waals surface area (Å²) in [5.41, 5.74) is 6.54. The molecule has 2 aromatic heterocycles. The van der Waals surface area contributed by atoms with E-state index in [2.05, 4.69) is 40.4 Å². The van der Waals surface area contributed by atoms with Crippen molar-refractivity contribution in [2.75, 3.05) is 28.4 Å². The van der Waals surface area contributed by atoms with Crippen LogP contribution in [0.25, 0.3) is 32.6 Å². The predicted octanol–water partition coefficient (Wildman–Crippen LogP) is 8.44. The number of hydrogen-bond acceptors (Lipinski definition) is 5. The minimum absolute atomic E-state index is 0.00580. The third-order valence-electron chi connectivity index (χ3n) is 8.77. The minimum atomic E-state index is -0.193. The lowest BCUT2D eigenvalue weighted by molar-refractivity contribution is 0.0978. The molecule has 0 saturated heterocycles. The molecule has 226 valence electrons. The first-order valence-electron chi connectivity index (χ1n) is 15.3. The van der Waals surface area contributed by atoms with Gasteiger partial charge in [-0.2, -0.15) is 0 Å². The van der Waals surface area contributed by atoms with Crippen molar-refractivity contribution in [3.8, 4) is 5.75 Å². The number of alkyl halides is 1. The summed E-state index contributed by atoms with van der Waals surface area (Å²) in [5.74, 6) is 2.05. The Labute approximate surface area is 269 Å². The van der Waals surface area contributed by atoms with Gasteiger partial charge in [0.2, 0.25) is 5.56 Å². The Bertz CT molecular complexity index is 2100. The van der Waals surface area contributed by atoms with E-state index in [4.69, 9.17) is 16.3 Å². The highest BCUT2D eigenvalue weighted by atomic mass is 35.5. The summed E-state index contributed by atoms with van der Waals surface area (Å²) < 4.78 is 6.42. The predicted molar refractivity (Wildman–Crippen MR) is 185 cm³/mol. The number of benzene rings is 4. The first-order valence-corrected chi connectivity index (χ1v) is 16.8. The second-order valence-corrected chi connectivity index (χ2v) is 13.2. The van der Waals surface area contributed by atoms with Gasteiger partial charge in [0.15, 0.2) is 5.78 Å². The molecule has 2 aliphatic heterocycles. The van der Waals surface area contributed by atoms with Crippen LogP contribution in [0.3, 0.4) is 0 Å². The van der Waals surface area contributed by atoms with Gasteiger partial charge in [-0.1, -0.05) is 55.1 Å². The van der Waals surface area contributed by atoms with E-state index in [-0.39, 0.29) is 29.6 Å². The molecule has 4 heterocycles. The molecular weight excluding hydrogens is 604 g/mol. The van der Waals surface area contributed by atoms with Gasteiger partial charge >= 0.3 is 0 Å². The number of hydrogen-bond donors (Lipinski definition) is 3. The van der Waals surface area contributed by atoms with Crippen molar-refractivity contribution in [3.63, 3.8) is 0 Å². The summed E-state index contributed by atoms with van der Waals surface area (Å²) >= 11 is 8.26. The number of thioether (sulfide) groups is 1. The number of ether oxygens (including phenoxy) is 1. The molecule has 0 aliphatic carbocycles. The van der Waals surface area contributed by atoms with Crippen LogP contribution in [0.2, 0.25) is 0 Å².